The number of carbonyl (C=O) groups excluding carboxylic acids is 1. The summed E-state index contributed by atoms with van der Waals surface area (Å²) < 4.78 is 7.70. The molecule has 0 saturated heterocycles. The number of oxazole rings is 1. The zero-order valence-electron chi connectivity index (χ0n) is 13.7. The zero-order valence-corrected chi connectivity index (χ0v) is 13.7. The molecular formula is C18H18N4O2. The second-order valence-corrected chi connectivity index (χ2v) is 5.98. The third-order valence-electron chi connectivity index (χ3n) is 4.39. The van der Waals surface area contributed by atoms with Crippen LogP contribution in [-0.2, 0) is 17.9 Å². The fourth-order valence-electron chi connectivity index (χ4n) is 3.01. The van der Waals surface area contributed by atoms with E-state index in [0.717, 1.165) is 28.4 Å². The molecule has 2 aromatic heterocycles. The molecule has 0 saturated carbocycles. The number of anilines is 1. The Morgan fingerprint density at radius 2 is 2.04 bits per heavy atom. The average Bonchev–Trinajstić information content (AvgIpc) is 3.17. The summed E-state index contributed by atoms with van der Waals surface area (Å²) in [5, 5.41) is 4.25. The number of amides is 1. The molecule has 0 fully saturated rings. The van der Waals surface area contributed by atoms with Gasteiger partial charge in [0.1, 0.15) is 17.3 Å². The number of aromatic nitrogens is 3. The number of carbonyl (C=O) groups is 1. The molecule has 6 nitrogen and oxygen atoms in total. The Morgan fingerprint density at radius 1 is 1.21 bits per heavy atom. The number of hydrogen-bond donors (Lipinski definition) is 0. The first-order valence-electron chi connectivity index (χ1n) is 7.98. The van der Waals surface area contributed by atoms with Crippen molar-refractivity contribution in [2.45, 2.75) is 33.4 Å². The molecule has 0 unspecified atom stereocenters. The van der Waals surface area contributed by atoms with E-state index in [9.17, 15) is 4.79 Å². The summed E-state index contributed by atoms with van der Waals surface area (Å²) in [4.78, 5) is 18.7. The predicted molar refractivity (Wildman–Crippen MR) is 89.4 cm³/mol. The minimum Gasteiger partial charge on any atom is -0.441 e. The Labute approximate surface area is 139 Å². The first-order valence-corrected chi connectivity index (χ1v) is 7.98. The fourth-order valence-corrected chi connectivity index (χ4v) is 3.01. The number of hydrogen-bond acceptors (Lipinski definition) is 4. The van der Waals surface area contributed by atoms with Gasteiger partial charge in [-0.15, -0.1) is 0 Å². The van der Waals surface area contributed by atoms with Crippen molar-refractivity contribution >= 4 is 11.7 Å². The number of rotatable bonds is 3. The topological polar surface area (TPSA) is 64.2 Å². The van der Waals surface area contributed by atoms with Crippen LogP contribution in [0.3, 0.4) is 0 Å². The van der Waals surface area contributed by atoms with E-state index in [2.05, 4.69) is 10.1 Å². The van der Waals surface area contributed by atoms with Gasteiger partial charge in [0.2, 0.25) is 11.8 Å². The number of fused-ring (bicyclic) bond motifs is 1. The van der Waals surface area contributed by atoms with Crippen LogP contribution in [0.2, 0.25) is 0 Å². The maximum atomic E-state index is 12.3. The highest BCUT2D eigenvalue weighted by atomic mass is 16.4. The smallest absolute Gasteiger partial charge is 0.230 e. The highest BCUT2D eigenvalue weighted by molar-refractivity contribution is 5.93. The maximum Gasteiger partial charge on any atom is 0.230 e. The molecular weight excluding hydrogens is 304 g/mol. The van der Waals surface area contributed by atoms with Crippen LogP contribution in [0.4, 0.5) is 5.82 Å². The molecule has 122 valence electrons. The molecule has 1 aliphatic rings. The first-order chi connectivity index (χ1) is 11.6. The summed E-state index contributed by atoms with van der Waals surface area (Å²) in [5.74, 6) is 2.23. The van der Waals surface area contributed by atoms with Gasteiger partial charge in [-0.1, -0.05) is 18.2 Å². The minimum absolute atomic E-state index is 0.0860. The van der Waals surface area contributed by atoms with Crippen molar-refractivity contribution in [1.82, 2.24) is 14.8 Å². The molecule has 0 spiro atoms. The van der Waals surface area contributed by atoms with Gasteiger partial charge in [0.05, 0.1) is 19.3 Å². The van der Waals surface area contributed by atoms with Crippen molar-refractivity contribution < 1.29 is 9.21 Å². The third kappa shape index (κ3) is 2.40. The monoisotopic (exact) mass is 322 g/mol. The van der Waals surface area contributed by atoms with Gasteiger partial charge < -0.3 is 4.42 Å². The molecule has 0 atom stereocenters. The molecule has 0 N–H and O–H groups in total. The van der Waals surface area contributed by atoms with Crippen molar-refractivity contribution in [3.8, 4) is 11.5 Å². The highest BCUT2D eigenvalue weighted by Gasteiger charge is 2.26. The van der Waals surface area contributed by atoms with Crippen molar-refractivity contribution in [3.63, 3.8) is 0 Å². The first kappa shape index (κ1) is 14.7. The predicted octanol–water partition coefficient (Wildman–Crippen LogP) is 3.09. The summed E-state index contributed by atoms with van der Waals surface area (Å²) in [5.41, 5.74) is 2.86. The van der Waals surface area contributed by atoms with Gasteiger partial charge in [-0.2, -0.15) is 5.10 Å². The molecule has 6 heteroatoms. The molecule has 3 aromatic rings. The van der Waals surface area contributed by atoms with Crippen LogP contribution in [-0.4, -0.2) is 20.7 Å². The van der Waals surface area contributed by atoms with E-state index in [-0.39, 0.29) is 5.91 Å². The van der Waals surface area contributed by atoms with Gasteiger partial charge in [-0.05, 0) is 25.5 Å². The van der Waals surface area contributed by atoms with Gasteiger partial charge >= 0.3 is 0 Å². The maximum absolute atomic E-state index is 12.3. The van der Waals surface area contributed by atoms with Crippen LogP contribution in [0.25, 0.3) is 11.5 Å². The van der Waals surface area contributed by atoms with E-state index in [1.165, 1.54) is 0 Å². The van der Waals surface area contributed by atoms with Gasteiger partial charge in [0, 0.05) is 18.1 Å². The Kier molecular flexibility index (Phi) is 3.45. The Morgan fingerprint density at radius 3 is 2.88 bits per heavy atom. The lowest BCUT2D eigenvalue weighted by molar-refractivity contribution is -0.119. The van der Waals surface area contributed by atoms with Gasteiger partial charge in [0.25, 0.3) is 0 Å². The SMILES string of the molecule is Cc1ccccc1-c1nc(CN2C(=O)CCn3nccc32)c(C)o1. The molecule has 1 aliphatic heterocycles. The second kappa shape index (κ2) is 5.63. The number of benzene rings is 1. The Balaban J connectivity index is 1.67. The molecule has 24 heavy (non-hydrogen) atoms. The molecule has 0 radical (unpaired) electrons. The lowest BCUT2D eigenvalue weighted by Crippen LogP contribution is -2.37. The van der Waals surface area contributed by atoms with Crippen molar-refractivity contribution in [2.24, 2.45) is 0 Å². The lowest BCUT2D eigenvalue weighted by atomic mass is 10.1. The van der Waals surface area contributed by atoms with Crippen LogP contribution < -0.4 is 4.90 Å². The van der Waals surface area contributed by atoms with E-state index in [1.807, 2.05) is 48.9 Å². The van der Waals surface area contributed by atoms with Crippen LogP contribution in [0.15, 0.2) is 40.9 Å². The standard InChI is InChI=1S/C18H18N4O2/c1-12-5-3-4-6-14(12)18-20-15(13(2)24-18)11-21-16-7-9-19-22(16)10-8-17(21)23/h3-7,9H,8,10-11H2,1-2H3. The number of nitrogens with zero attached hydrogens (tertiary/aromatic N) is 4. The summed E-state index contributed by atoms with van der Waals surface area (Å²) in [6, 6.07) is 9.83. The van der Waals surface area contributed by atoms with Crippen LogP contribution in [0.1, 0.15) is 23.4 Å². The van der Waals surface area contributed by atoms with Gasteiger partial charge in [0.15, 0.2) is 0 Å². The summed E-state index contributed by atoms with van der Waals surface area (Å²) in [6.07, 6.45) is 2.17. The summed E-state index contributed by atoms with van der Waals surface area (Å²) in [7, 11) is 0. The second-order valence-electron chi connectivity index (χ2n) is 5.98. The normalized spacial score (nSPS) is 14.1. The molecule has 3 heterocycles. The molecule has 0 aliphatic carbocycles. The van der Waals surface area contributed by atoms with E-state index in [4.69, 9.17) is 4.42 Å². The lowest BCUT2D eigenvalue weighted by Gasteiger charge is -2.26. The van der Waals surface area contributed by atoms with E-state index < -0.39 is 0 Å². The van der Waals surface area contributed by atoms with Crippen molar-refractivity contribution in [1.29, 1.82) is 0 Å². The van der Waals surface area contributed by atoms with E-state index in [0.29, 0.717) is 25.4 Å². The quantitative estimate of drug-likeness (QED) is 0.743. The van der Waals surface area contributed by atoms with Crippen LogP contribution >= 0.6 is 0 Å². The van der Waals surface area contributed by atoms with Crippen LogP contribution in [0, 0.1) is 13.8 Å². The fraction of sp³-hybridized carbons (Fsp3) is 0.278. The molecule has 0 bridgehead atoms. The highest BCUT2D eigenvalue weighted by Crippen LogP contribution is 2.28. The molecule has 4 rings (SSSR count). The average molecular weight is 322 g/mol. The largest absolute Gasteiger partial charge is 0.441 e. The van der Waals surface area contributed by atoms with E-state index in [1.54, 1.807) is 11.1 Å². The zero-order chi connectivity index (χ0) is 16.7. The van der Waals surface area contributed by atoms with E-state index >= 15 is 0 Å². The van der Waals surface area contributed by atoms with Crippen molar-refractivity contribution in [3.05, 3.63) is 53.5 Å². The van der Waals surface area contributed by atoms with Gasteiger partial charge in [-0.3, -0.25) is 9.69 Å². The number of aryl methyl sites for hydroxylation is 3. The minimum atomic E-state index is 0.0860. The Bertz CT molecular complexity index is 909. The van der Waals surface area contributed by atoms with Crippen LogP contribution in [0.5, 0.6) is 0 Å². The summed E-state index contributed by atoms with van der Waals surface area (Å²) in [6.45, 7) is 4.94. The molecule has 1 aromatic carbocycles. The molecule has 1 amide bonds. The van der Waals surface area contributed by atoms with Gasteiger partial charge in [-0.25, -0.2) is 9.67 Å². The third-order valence-corrected chi connectivity index (χ3v) is 4.39. The summed E-state index contributed by atoms with van der Waals surface area (Å²) >= 11 is 0. The Hall–Kier alpha value is -2.89. The van der Waals surface area contributed by atoms with Crippen molar-refractivity contribution in [2.75, 3.05) is 4.90 Å².